The number of aryl methyl sites for hydroxylation is 1. The van der Waals surface area contributed by atoms with Crippen molar-refractivity contribution in [2.45, 2.75) is 38.6 Å². The van der Waals surface area contributed by atoms with Crippen LogP contribution in [0.25, 0.3) is 11.9 Å². The molecule has 3 aromatic rings. The van der Waals surface area contributed by atoms with E-state index in [4.69, 9.17) is 4.98 Å². The average molecular weight is 556 g/mol. The Bertz CT molecular complexity index is 1450. The number of hydrogen-bond acceptors (Lipinski definition) is 9. The SMILES string of the molecule is C=C(c1nc(Nc2ccc(CC(=O)N3CCN(C)CC3)nc2)nn1/C=C\C)N1CC(CC#N)(n2cc(CC)cn2)C1. The number of nitrogens with one attached hydrogen (secondary N) is 1. The minimum absolute atomic E-state index is 0.101. The number of aromatic nitrogens is 6. The van der Waals surface area contributed by atoms with E-state index in [0.717, 1.165) is 55.2 Å². The van der Waals surface area contributed by atoms with Crippen molar-refractivity contribution in [2.75, 3.05) is 51.6 Å². The maximum atomic E-state index is 12.7. The Balaban J connectivity index is 1.24. The molecule has 12 heteroatoms. The number of allylic oxidation sites excluding steroid dienone is 1. The molecular formula is C29H37N11O. The van der Waals surface area contributed by atoms with E-state index in [1.807, 2.05) is 53.3 Å². The number of likely N-dealkylation sites (tertiary alicyclic amines) is 1. The summed E-state index contributed by atoms with van der Waals surface area (Å²) < 4.78 is 3.62. The fourth-order valence-electron chi connectivity index (χ4n) is 5.16. The van der Waals surface area contributed by atoms with Crippen molar-refractivity contribution >= 4 is 29.4 Å². The zero-order valence-corrected chi connectivity index (χ0v) is 24.0. The minimum atomic E-state index is -0.392. The van der Waals surface area contributed by atoms with Crippen molar-refractivity contribution < 1.29 is 4.79 Å². The third kappa shape index (κ3) is 6.00. The highest BCUT2D eigenvalue weighted by Gasteiger charge is 2.46. The number of nitriles is 1. The van der Waals surface area contributed by atoms with Crippen LogP contribution >= 0.6 is 0 Å². The normalized spacial score (nSPS) is 16.9. The summed E-state index contributed by atoms with van der Waals surface area (Å²) in [6.45, 7) is 12.8. The molecule has 2 aliphatic rings. The van der Waals surface area contributed by atoms with E-state index in [1.54, 1.807) is 10.9 Å². The van der Waals surface area contributed by atoms with E-state index in [2.05, 4.69) is 56.9 Å². The molecule has 0 radical (unpaired) electrons. The number of piperazine rings is 1. The molecule has 0 unspecified atom stereocenters. The lowest BCUT2D eigenvalue weighted by atomic mass is 9.86. The van der Waals surface area contributed by atoms with Crippen molar-refractivity contribution in [3.05, 3.63) is 60.5 Å². The molecule has 5 heterocycles. The molecule has 2 saturated heterocycles. The van der Waals surface area contributed by atoms with Crippen molar-refractivity contribution in [1.29, 1.82) is 5.26 Å². The van der Waals surface area contributed by atoms with Gasteiger partial charge < -0.3 is 20.0 Å². The van der Waals surface area contributed by atoms with Crippen molar-refractivity contribution in [1.82, 2.24) is 44.2 Å². The van der Waals surface area contributed by atoms with Gasteiger partial charge in [-0.3, -0.25) is 14.5 Å². The lowest BCUT2D eigenvalue weighted by Crippen LogP contribution is -2.61. The number of likely N-dealkylation sites (N-methyl/N-ethyl adjacent to an activating group) is 1. The van der Waals surface area contributed by atoms with Crippen molar-refractivity contribution in [3.63, 3.8) is 0 Å². The lowest BCUT2D eigenvalue weighted by Gasteiger charge is -2.50. The largest absolute Gasteiger partial charge is 0.364 e. The Morgan fingerprint density at radius 1 is 1.20 bits per heavy atom. The highest BCUT2D eigenvalue weighted by molar-refractivity contribution is 5.78. The molecule has 0 atom stereocenters. The number of amides is 1. The van der Waals surface area contributed by atoms with E-state index >= 15 is 0 Å². The fourth-order valence-corrected chi connectivity index (χ4v) is 5.16. The van der Waals surface area contributed by atoms with Crippen LogP contribution in [0, 0.1) is 11.3 Å². The zero-order chi connectivity index (χ0) is 29.0. The van der Waals surface area contributed by atoms with Crippen LogP contribution in [0.1, 0.15) is 37.4 Å². The third-order valence-corrected chi connectivity index (χ3v) is 7.74. The van der Waals surface area contributed by atoms with E-state index in [1.165, 1.54) is 0 Å². The first-order chi connectivity index (χ1) is 19.8. The summed E-state index contributed by atoms with van der Waals surface area (Å²) >= 11 is 0. The number of carbonyl (C=O) groups excluding carboxylic acids is 1. The van der Waals surface area contributed by atoms with Crippen LogP contribution < -0.4 is 5.32 Å². The second kappa shape index (κ2) is 11.9. The predicted molar refractivity (Wildman–Crippen MR) is 157 cm³/mol. The summed E-state index contributed by atoms with van der Waals surface area (Å²) in [4.78, 5) is 28.1. The van der Waals surface area contributed by atoms with Gasteiger partial charge in [0.05, 0.1) is 42.7 Å². The second-order valence-electron chi connectivity index (χ2n) is 10.7. The molecule has 2 aliphatic heterocycles. The molecule has 41 heavy (non-hydrogen) atoms. The number of rotatable bonds is 10. The van der Waals surface area contributed by atoms with Crippen LogP contribution in [-0.2, 0) is 23.2 Å². The summed E-state index contributed by atoms with van der Waals surface area (Å²) in [7, 11) is 2.07. The van der Waals surface area contributed by atoms with E-state index < -0.39 is 5.54 Å². The van der Waals surface area contributed by atoms with E-state index in [-0.39, 0.29) is 12.3 Å². The van der Waals surface area contributed by atoms with Crippen LogP contribution in [0.5, 0.6) is 0 Å². The molecule has 0 bridgehead atoms. The molecule has 214 valence electrons. The number of pyridine rings is 1. The zero-order valence-electron chi connectivity index (χ0n) is 24.0. The molecule has 0 saturated carbocycles. The van der Waals surface area contributed by atoms with Crippen LogP contribution in [0.4, 0.5) is 11.6 Å². The molecule has 2 fully saturated rings. The molecule has 1 amide bonds. The topological polar surface area (TPSA) is 124 Å². The van der Waals surface area contributed by atoms with Crippen LogP contribution in [0.15, 0.2) is 43.4 Å². The summed E-state index contributed by atoms with van der Waals surface area (Å²) in [5, 5.41) is 21.9. The smallest absolute Gasteiger partial charge is 0.247 e. The first-order valence-corrected chi connectivity index (χ1v) is 14.0. The molecule has 12 nitrogen and oxygen atoms in total. The Labute approximate surface area is 240 Å². The van der Waals surface area contributed by atoms with E-state index in [0.29, 0.717) is 31.3 Å². The number of carbonyl (C=O) groups is 1. The first kappa shape index (κ1) is 28.0. The molecule has 0 aromatic carbocycles. The maximum absolute atomic E-state index is 12.7. The number of anilines is 2. The number of nitrogens with zero attached hydrogens (tertiary/aromatic N) is 10. The fraction of sp³-hybridized carbons (Fsp3) is 0.448. The van der Waals surface area contributed by atoms with Crippen molar-refractivity contribution in [2.24, 2.45) is 0 Å². The predicted octanol–water partition coefficient (Wildman–Crippen LogP) is 2.58. The maximum Gasteiger partial charge on any atom is 0.247 e. The summed E-state index contributed by atoms with van der Waals surface area (Å²) in [6.07, 6.45) is 10.8. The Morgan fingerprint density at radius 2 is 1.98 bits per heavy atom. The summed E-state index contributed by atoms with van der Waals surface area (Å²) in [5.74, 6) is 1.11. The van der Waals surface area contributed by atoms with Gasteiger partial charge in [-0.25, -0.2) is 4.68 Å². The van der Waals surface area contributed by atoms with E-state index in [9.17, 15) is 10.1 Å². The average Bonchev–Trinajstić information content (AvgIpc) is 3.59. The molecule has 1 N–H and O–H groups in total. The monoisotopic (exact) mass is 555 g/mol. The van der Waals surface area contributed by atoms with Crippen LogP contribution in [-0.4, -0.2) is 96.5 Å². The van der Waals surface area contributed by atoms with Gasteiger partial charge in [0, 0.05) is 57.4 Å². The van der Waals surface area contributed by atoms with Crippen LogP contribution in [0.2, 0.25) is 0 Å². The van der Waals surface area contributed by atoms with Gasteiger partial charge in [0.2, 0.25) is 11.9 Å². The standard InChI is InChI=1S/C29H37N11O/c1-5-11-39-27(22(3)38-20-29(21-38,9-10-30)40-19-23(6-2)17-32-40)34-28(35-39)33-25-8-7-24(31-18-25)16-26(41)37-14-12-36(4)13-15-37/h5,7-8,11,17-19H,3,6,9,12-16,20-21H2,1-2,4H3,(H,33,35)/b11-5-. The molecule has 5 rings (SSSR count). The van der Waals surface area contributed by atoms with Gasteiger partial charge in [0.25, 0.3) is 0 Å². The Hall–Kier alpha value is -4.50. The quantitative estimate of drug-likeness (QED) is 0.402. The van der Waals surface area contributed by atoms with Gasteiger partial charge >= 0.3 is 0 Å². The lowest BCUT2D eigenvalue weighted by molar-refractivity contribution is -0.132. The minimum Gasteiger partial charge on any atom is -0.364 e. The first-order valence-electron chi connectivity index (χ1n) is 14.0. The Kier molecular flexibility index (Phi) is 8.16. The second-order valence-corrected chi connectivity index (χ2v) is 10.7. The number of hydrogen-bond donors (Lipinski definition) is 1. The van der Waals surface area contributed by atoms with Gasteiger partial charge in [-0.2, -0.15) is 15.3 Å². The third-order valence-electron chi connectivity index (χ3n) is 7.74. The van der Waals surface area contributed by atoms with Gasteiger partial charge in [0.15, 0.2) is 5.82 Å². The van der Waals surface area contributed by atoms with Crippen LogP contribution in [0.3, 0.4) is 0 Å². The summed E-state index contributed by atoms with van der Waals surface area (Å²) in [6, 6.07) is 6.06. The highest BCUT2D eigenvalue weighted by Crippen LogP contribution is 2.37. The molecular weight excluding hydrogens is 518 g/mol. The van der Waals surface area contributed by atoms with Gasteiger partial charge in [-0.1, -0.05) is 19.6 Å². The van der Waals surface area contributed by atoms with Crippen molar-refractivity contribution in [3.8, 4) is 6.07 Å². The highest BCUT2D eigenvalue weighted by atomic mass is 16.2. The molecule has 0 aliphatic carbocycles. The molecule has 3 aromatic heterocycles. The summed E-state index contributed by atoms with van der Waals surface area (Å²) in [5.41, 5.74) is 2.92. The molecule has 0 spiro atoms. The van der Waals surface area contributed by atoms with Gasteiger partial charge in [-0.05, 0) is 38.1 Å². The van der Waals surface area contributed by atoms with Gasteiger partial charge in [-0.15, -0.1) is 5.10 Å². The van der Waals surface area contributed by atoms with Gasteiger partial charge in [0.1, 0.15) is 5.54 Å². The Morgan fingerprint density at radius 3 is 2.61 bits per heavy atom.